The van der Waals surface area contributed by atoms with Gasteiger partial charge in [0.05, 0.1) is 36.4 Å². The van der Waals surface area contributed by atoms with E-state index < -0.39 is 0 Å². The Hall–Kier alpha value is -1.72. The molecule has 0 saturated carbocycles. The maximum atomic E-state index is 10.4. The summed E-state index contributed by atoms with van der Waals surface area (Å²) < 4.78 is 0. The molecule has 2 aliphatic rings. The molecule has 200 valence electrons. The molecule has 2 aliphatic heterocycles. The van der Waals surface area contributed by atoms with Crippen LogP contribution >= 0.6 is 0 Å². The van der Waals surface area contributed by atoms with E-state index in [2.05, 4.69) is 128 Å². The molecular formula is C32H50N2O2. The Kier molecular flexibility index (Phi) is 8.77. The first-order valence-electron chi connectivity index (χ1n) is 13.7. The van der Waals surface area contributed by atoms with Gasteiger partial charge < -0.3 is 10.2 Å². The van der Waals surface area contributed by atoms with Crippen LogP contribution in [0.5, 0.6) is 0 Å². The zero-order valence-electron chi connectivity index (χ0n) is 24.2. The van der Waals surface area contributed by atoms with Gasteiger partial charge in [-0.3, -0.25) is 9.80 Å². The molecule has 2 unspecified atom stereocenters. The van der Waals surface area contributed by atoms with Gasteiger partial charge in [0.2, 0.25) is 0 Å². The molecule has 0 aromatic heterocycles. The molecule has 0 amide bonds. The molecule has 2 aromatic carbocycles. The van der Waals surface area contributed by atoms with E-state index in [-0.39, 0.29) is 35.4 Å². The van der Waals surface area contributed by atoms with Crippen LogP contribution in [-0.2, 0) is 0 Å². The molecule has 4 nitrogen and oxygen atoms in total. The fourth-order valence-corrected chi connectivity index (χ4v) is 5.74. The predicted molar refractivity (Wildman–Crippen MR) is 151 cm³/mol. The SMILES string of the molecule is CC(C)[C@@H](O)[C@@H]1[C@H](c2ccccc2)N1C(C)(C)C.CC(C)[C@H](O)[C@H]1[C@@H](c2ccccc2)N1C(C)(C)C. The van der Waals surface area contributed by atoms with Crippen molar-refractivity contribution >= 4 is 0 Å². The molecule has 2 aromatic rings. The lowest BCUT2D eigenvalue weighted by Crippen LogP contribution is -2.33. The van der Waals surface area contributed by atoms with Crippen molar-refractivity contribution in [2.45, 2.75) is 117 Å². The highest BCUT2D eigenvalue weighted by atomic mass is 16.3. The number of nitrogens with zero attached hydrogens (tertiary/aromatic N) is 2. The van der Waals surface area contributed by atoms with E-state index in [4.69, 9.17) is 0 Å². The third-order valence-corrected chi connectivity index (χ3v) is 7.61. The average Bonchev–Trinajstić information content (AvgIpc) is 3.71. The maximum Gasteiger partial charge on any atom is 0.0737 e. The molecule has 0 spiro atoms. The predicted octanol–water partition coefficient (Wildman–Crippen LogP) is 6.45. The Bertz CT molecular complexity index is 866. The van der Waals surface area contributed by atoms with Crippen molar-refractivity contribution < 1.29 is 10.2 Å². The number of aliphatic hydroxyl groups is 2. The molecule has 4 heteroatoms. The largest absolute Gasteiger partial charge is 0.391 e. The van der Waals surface area contributed by atoms with Crippen LogP contribution in [0.2, 0.25) is 0 Å². The highest BCUT2D eigenvalue weighted by Gasteiger charge is 2.58. The van der Waals surface area contributed by atoms with Crippen molar-refractivity contribution in [2.24, 2.45) is 11.8 Å². The quantitative estimate of drug-likeness (QED) is 0.453. The first-order chi connectivity index (χ1) is 16.7. The van der Waals surface area contributed by atoms with Crippen molar-refractivity contribution in [1.82, 2.24) is 9.80 Å². The zero-order valence-corrected chi connectivity index (χ0v) is 24.2. The third-order valence-electron chi connectivity index (χ3n) is 7.61. The molecule has 8 atom stereocenters. The topological polar surface area (TPSA) is 46.5 Å². The van der Waals surface area contributed by atoms with Crippen LogP contribution in [0, 0.1) is 11.8 Å². The standard InChI is InChI=1S/2C16H25NO/c2*1-11(2)15(18)14-13(17(14)16(3,4)5)12-9-7-6-8-10-12/h2*6-11,13-15,18H,1-5H3/t2*13-,14-,15+,17?/m10/s1. The molecule has 0 aliphatic carbocycles. The summed E-state index contributed by atoms with van der Waals surface area (Å²) in [4.78, 5) is 4.85. The molecular weight excluding hydrogens is 444 g/mol. The Morgan fingerprint density at radius 2 is 0.833 bits per heavy atom. The van der Waals surface area contributed by atoms with Gasteiger partial charge in [-0.15, -0.1) is 0 Å². The lowest BCUT2D eigenvalue weighted by atomic mass is 9.99. The molecule has 4 rings (SSSR count). The second kappa shape index (κ2) is 10.9. The Morgan fingerprint density at radius 1 is 0.556 bits per heavy atom. The van der Waals surface area contributed by atoms with Gasteiger partial charge in [0.15, 0.2) is 0 Å². The van der Waals surface area contributed by atoms with Gasteiger partial charge in [-0.1, -0.05) is 88.4 Å². The number of rotatable bonds is 6. The van der Waals surface area contributed by atoms with E-state index in [0.29, 0.717) is 23.9 Å². The summed E-state index contributed by atoms with van der Waals surface area (Å²) in [5.41, 5.74) is 2.83. The van der Waals surface area contributed by atoms with Gasteiger partial charge >= 0.3 is 0 Å². The van der Waals surface area contributed by atoms with Crippen molar-refractivity contribution in [3.63, 3.8) is 0 Å². The summed E-state index contributed by atoms with van der Waals surface area (Å²) in [6.45, 7) is 21.7. The summed E-state index contributed by atoms with van der Waals surface area (Å²) in [5.74, 6) is 0.599. The number of hydrogen-bond acceptors (Lipinski definition) is 4. The van der Waals surface area contributed by atoms with Crippen LogP contribution < -0.4 is 0 Å². The van der Waals surface area contributed by atoms with Crippen molar-refractivity contribution in [3.8, 4) is 0 Å². The van der Waals surface area contributed by atoms with E-state index in [1.165, 1.54) is 11.1 Å². The number of benzene rings is 2. The van der Waals surface area contributed by atoms with Crippen molar-refractivity contribution in [3.05, 3.63) is 71.8 Å². The second-order valence-corrected chi connectivity index (χ2v) is 13.3. The fourth-order valence-electron chi connectivity index (χ4n) is 5.74. The normalized spacial score (nSPS) is 29.4. The van der Waals surface area contributed by atoms with Crippen molar-refractivity contribution in [2.75, 3.05) is 0 Å². The summed E-state index contributed by atoms with van der Waals surface area (Å²) in [6.07, 6.45) is -0.510. The zero-order chi connectivity index (χ0) is 27.0. The van der Waals surface area contributed by atoms with E-state index >= 15 is 0 Å². The van der Waals surface area contributed by atoms with Gasteiger partial charge in [-0.05, 0) is 64.5 Å². The molecule has 0 bridgehead atoms. The monoisotopic (exact) mass is 494 g/mol. The summed E-state index contributed by atoms with van der Waals surface area (Å²) >= 11 is 0. The van der Waals surface area contributed by atoms with Crippen LogP contribution in [0.25, 0.3) is 0 Å². The number of hydrogen-bond donors (Lipinski definition) is 2. The summed E-state index contributed by atoms with van der Waals surface area (Å²) in [6, 6.07) is 22.3. The maximum absolute atomic E-state index is 10.4. The van der Waals surface area contributed by atoms with Gasteiger partial charge in [0.1, 0.15) is 0 Å². The van der Waals surface area contributed by atoms with Crippen molar-refractivity contribution in [1.29, 1.82) is 0 Å². The van der Waals surface area contributed by atoms with Gasteiger partial charge in [-0.2, -0.15) is 0 Å². The smallest absolute Gasteiger partial charge is 0.0737 e. The minimum atomic E-state index is -0.255. The molecule has 2 saturated heterocycles. The lowest BCUT2D eigenvalue weighted by Gasteiger charge is -2.24. The molecule has 2 fully saturated rings. The van der Waals surface area contributed by atoms with Gasteiger partial charge in [0.25, 0.3) is 0 Å². The lowest BCUT2D eigenvalue weighted by molar-refractivity contribution is 0.0953. The molecule has 2 heterocycles. The van der Waals surface area contributed by atoms with Crippen LogP contribution in [0.3, 0.4) is 0 Å². The van der Waals surface area contributed by atoms with Crippen LogP contribution in [0.15, 0.2) is 60.7 Å². The summed E-state index contributed by atoms with van der Waals surface area (Å²) in [5, 5.41) is 20.8. The summed E-state index contributed by atoms with van der Waals surface area (Å²) in [7, 11) is 0. The Labute approximate surface area is 220 Å². The molecule has 36 heavy (non-hydrogen) atoms. The third kappa shape index (κ3) is 6.39. The Morgan fingerprint density at radius 3 is 1.06 bits per heavy atom. The Balaban J connectivity index is 0.000000201. The van der Waals surface area contributed by atoms with Gasteiger partial charge in [-0.25, -0.2) is 0 Å². The highest BCUT2D eigenvalue weighted by Crippen LogP contribution is 2.52. The van der Waals surface area contributed by atoms with Crippen LogP contribution in [0.4, 0.5) is 0 Å². The van der Waals surface area contributed by atoms with E-state index in [1.807, 2.05) is 12.1 Å². The first kappa shape index (κ1) is 28.8. The van der Waals surface area contributed by atoms with E-state index in [9.17, 15) is 10.2 Å². The minimum absolute atomic E-state index is 0.0983. The molecule has 2 N–H and O–H groups in total. The van der Waals surface area contributed by atoms with Crippen LogP contribution in [-0.4, -0.2) is 55.4 Å². The van der Waals surface area contributed by atoms with E-state index in [1.54, 1.807) is 0 Å². The highest BCUT2D eigenvalue weighted by molar-refractivity contribution is 5.30. The van der Waals surface area contributed by atoms with E-state index in [0.717, 1.165) is 0 Å². The van der Waals surface area contributed by atoms with Crippen LogP contribution in [0.1, 0.15) is 92.4 Å². The second-order valence-electron chi connectivity index (χ2n) is 13.3. The minimum Gasteiger partial charge on any atom is -0.391 e. The first-order valence-corrected chi connectivity index (χ1v) is 13.7. The molecule has 0 radical (unpaired) electrons. The number of aliphatic hydroxyl groups excluding tert-OH is 2. The van der Waals surface area contributed by atoms with Gasteiger partial charge in [0, 0.05) is 11.1 Å². The average molecular weight is 495 g/mol. The fraction of sp³-hybridized carbons (Fsp3) is 0.625.